The smallest absolute Gasteiger partial charge is 0.131 e. The molecule has 0 fully saturated rings. The van der Waals surface area contributed by atoms with E-state index in [9.17, 15) is 0 Å². The van der Waals surface area contributed by atoms with Crippen LogP contribution in [0.2, 0.25) is 0 Å². The topological polar surface area (TPSA) is 25.8 Å². The largest absolute Gasteiger partial charge is 0.175 e. The van der Waals surface area contributed by atoms with Crippen molar-refractivity contribution >= 4 is 34.9 Å². The zero-order valence-electron chi connectivity index (χ0n) is 5.83. The minimum Gasteiger partial charge on any atom is -0.131 e. The third-order valence-electron chi connectivity index (χ3n) is 0.830. The first-order chi connectivity index (χ1) is 4.86. The lowest BCUT2D eigenvalue weighted by Crippen LogP contribution is -1.70. The van der Waals surface area contributed by atoms with Crippen molar-refractivity contribution in [1.29, 1.82) is 0 Å². The van der Waals surface area contributed by atoms with Crippen LogP contribution < -0.4 is 0 Å². The molecule has 5 heteroatoms. The Kier molecular flexibility index (Phi) is 3.51. The molecule has 56 valence electrons. The van der Waals surface area contributed by atoms with Gasteiger partial charge in [0.1, 0.15) is 0 Å². The van der Waals surface area contributed by atoms with Gasteiger partial charge in [0.25, 0.3) is 0 Å². The van der Waals surface area contributed by atoms with E-state index < -0.39 is 0 Å². The fourth-order valence-corrected chi connectivity index (χ4v) is 2.80. The quantitative estimate of drug-likeness (QED) is 0.687. The van der Waals surface area contributed by atoms with Gasteiger partial charge in [-0.05, 0) is 12.0 Å². The molecule has 0 unspecified atom stereocenters. The number of hydrogen-bond acceptors (Lipinski definition) is 5. The van der Waals surface area contributed by atoms with Gasteiger partial charge >= 0.3 is 0 Å². The first-order valence-corrected chi connectivity index (χ1v) is 5.89. The first-order valence-electron chi connectivity index (χ1n) is 2.87. The summed E-state index contributed by atoms with van der Waals surface area (Å²) in [6.07, 6.45) is 2.01. The van der Waals surface area contributed by atoms with Crippen molar-refractivity contribution in [2.45, 2.75) is 15.6 Å². The molecule has 0 amide bonds. The molecule has 0 atom stereocenters. The van der Waals surface area contributed by atoms with E-state index in [1.165, 1.54) is 0 Å². The summed E-state index contributed by atoms with van der Waals surface area (Å²) in [5.74, 6) is 1.07. The van der Waals surface area contributed by atoms with Gasteiger partial charge in [-0.3, -0.25) is 0 Å². The van der Waals surface area contributed by atoms with Gasteiger partial charge in [0.15, 0.2) is 8.68 Å². The molecular weight excluding hydrogens is 184 g/mol. The highest BCUT2D eigenvalue weighted by molar-refractivity contribution is 8.02. The number of hydrogen-bond donors (Lipinski definition) is 0. The fraction of sp³-hybridized carbons (Fsp3) is 0.600. The van der Waals surface area contributed by atoms with Crippen molar-refractivity contribution in [2.75, 3.05) is 12.0 Å². The molecule has 2 nitrogen and oxygen atoms in total. The fourth-order valence-electron chi connectivity index (χ4n) is 0.461. The van der Waals surface area contributed by atoms with Crippen LogP contribution in [0.3, 0.4) is 0 Å². The van der Waals surface area contributed by atoms with Crippen molar-refractivity contribution in [3.8, 4) is 0 Å². The van der Waals surface area contributed by atoms with Gasteiger partial charge in [0.05, 0.1) is 0 Å². The summed E-state index contributed by atoms with van der Waals surface area (Å²) in [4.78, 5) is 0. The van der Waals surface area contributed by atoms with E-state index in [1.54, 1.807) is 34.9 Å². The summed E-state index contributed by atoms with van der Waals surface area (Å²) in [7, 11) is 0. The van der Waals surface area contributed by atoms with Crippen molar-refractivity contribution in [3.63, 3.8) is 0 Å². The Morgan fingerprint density at radius 2 is 2.10 bits per heavy atom. The summed E-state index contributed by atoms with van der Waals surface area (Å²) in [6.45, 7) is 2.12. The molecule has 1 aromatic heterocycles. The first kappa shape index (κ1) is 8.36. The minimum absolute atomic E-state index is 1.05. The van der Waals surface area contributed by atoms with E-state index in [2.05, 4.69) is 17.1 Å². The van der Waals surface area contributed by atoms with Crippen LogP contribution in [0.15, 0.2) is 8.68 Å². The molecule has 0 saturated carbocycles. The van der Waals surface area contributed by atoms with Gasteiger partial charge in [0.2, 0.25) is 0 Å². The molecule has 0 aromatic carbocycles. The number of rotatable bonds is 3. The Morgan fingerprint density at radius 1 is 1.40 bits per heavy atom. The molecule has 0 aliphatic heterocycles. The maximum Gasteiger partial charge on any atom is 0.175 e. The van der Waals surface area contributed by atoms with Crippen LogP contribution >= 0.6 is 34.9 Å². The minimum atomic E-state index is 1.05. The second-order valence-corrected chi connectivity index (χ2v) is 5.01. The molecular formula is C5H8N2S3. The third kappa shape index (κ3) is 2.14. The lowest BCUT2D eigenvalue weighted by molar-refractivity contribution is 0.956. The maximum absolute atomic E-state index is 3.99. The Labute approximate surface area is 72.8 Å². The second-order valence-electron chi connectivity index (χ2n) is 1.47. The summed E-state index contributed by atoms with van der Waals surface area (Å²) < 4.78 is 2.13. The number of thioether (sulfide) groups is 2. The summed E-state index contributed by atoms with van der Waals surface area (Å²) in [5.41, 5.74) is 0. The van der Waals surface area contributed by atoms with Gasteiger partial charge in [-0.15, -0.1) is 10.2 Å². The van der Waals surface area contributed by atoms with E-state index in [1.807, 2.05) is 6.26 Å². The monoisotopic (exact) mass is 192 g/mol. The van der Waals surface area contributed by atoms with Gasteiger partial charge in [-0.2, -0.15) is 0 Å². The van der Waals surface area contributed by atoms with Crippen LogP contribution in [0.1, 0.15) is 6.92 Å². The molecule has 0 aliphatic rings. The van der Waals surface area contributed by atoms with Gasteiger partial charge in [-0.1, -0.05) is 41.8 Å². The third-order valence-corrected chi connectivity index (χ3v) is 3.74. The lowest BCUT2D eigenvalue weighted by atomic mass is 11.0. The molecule has 0 aliphatic carbocycles. The van der Waals surface area contributed by atoms with Crippen molar-refractivity contribution in [3.05, 3.63) is 0 Å². The van der Waals surface area contributed by atoms with E-state index in [0.29, 0.717) is 0 Å². The van der Waals surface area contributed by atoms with Crippen molar-refractivity contribution < 1.29 is 0 Å². The van der Waals surface area contributed by atoms with Crippen LogP contribution in [0.5, 0.6) is 0 Å². The van der Waals surface area contributed by atoms with Crippen LogP contribution in [0.4, 0.5) is 0 Å². The van der Waals surface area contributed by atoms with Crippen LogP contribution in [0.25, 0.3) is 0 Å². The maximum atomic E-state index is 3.99. The van der Waals surface area contributed by atoms with E-state index in [4.69, 9.17) is 0 Å². The number of aromatic nitrogens is 2. The zero-order chi connectivity index (χ0) is 7.40. The van der Waals surface area contributed by atoms with Gasteiger partial charge in [-0.25, -0.2) is 0 Å². The average Bonchev–Trinajstić information content (AvgIpc) is 2.37. The second kappa shape index (κ2) is 4.20. The van der Waals surface area contributed by atoms with Crippen LogP contribution in [0, 0.1) is 0 Å². The summed E-state index contributed by atoms with van der Waals surface area (Å²) in [6, 6.07) is 0. The average molecular weight is 192 g/mol. The Hall–Kier alpha value is 0.260. The van der Waals surface area contributed by atoms with Gasteiger partial charge < -0.3 is 0 Å². The van der Waals surface area contributed by atoms with Crippen LogP contribution in [-0.4, -0.2) is 22.2 Å². The van der Waals surface area contributed by atoms with Crippen LogP contribution in [-0.2, 0) is 0 Å². The van der Waals surface area contributed by atoms with Crippen molar-refractivity contribution in [2.24, 2.45) is 0 Å². The predicted octanol–water partition coefficient (Wildman–Crippen LogP) is 2.37. The van der Waals surface area contributed by atoms with E-state index >= 15 is 0 Å². The highest BCUT2D eigenvalue weighted by atomic mass is 32.2. The molecule has 1 aromatic rings. The van der Waals surface area contributed by atoms with E-state index in [-0.39, 0.29) is 0 Å². The molecule has 0 bridgehead atoms. The molecule has 1 heterocycles. The molecule has 0 N–H and O–H groups in total. The van der Waals surface area contributed by atoms with Gasteiger partial charge in [0, 0.05) is 0 Å². The summed E-state index contributed by atoms with van der Waals surface area (Å²) >= 11 is 5.05. The standard InChI is InChI=1S/C5H8N2S3/c1-3-9-5-7-6-4(8-2)10-5/h3H2,1-2H3. The van der Waals surface area contributed by atoms with Crippen molar-refractivity contribution in [1.82, 2.24) is 10.2 Å². The normalized spacial score (nSPS) is 10.2. The highest BCUT2D eigenvalue weighted by Gasteiger charge is 2.00. The SMILES string of the molecule is CCSc1nnc(SC)s1. The molecule has 0 saturated heterocycles. The van der Waals surface area contributed by atoms with E-state index in [0.717, 1.165) is 14.4 Å². The highest BCUT2D eigenvalue weighted by Crippen LogP contribution is 2.26. The predicted molar refractivity (Wildman–Crippen MR) is 48.1 cm³/mol. The number of nitrogens with zero attached hydrogens (tertiary/aromatic N) is 2. The molecule has 0 radical (unpaired) electrons. The Balaban J connectivity index is 2.59. The Bertz CT molecular complexity index is 199. The zero-order valence-corrected chi connectivity index (χ0v) is 8.28. The lowest BCUT2D eigenvalue weighted by Gasteiger charge is -1.83. The Morgan fingerprint density at radius 3 is 2.60 bits per heavy atom. The summed E-state index contributed by atoms with van der Waals surface area (Å²) in [5, 5.41) is 7.95. The molecule has 1 rings (SSSR count). The molecule has 10 heavy (non-hydrogen) atoms. The molecule has 0 spiro atoms.